The van der Waals surface area contributed by atoms with Gasteiger partial charge < -0.3 is 20.3 Å². The Bertz CT molecular complexity index is 1240. The first-order valence-corrected chi connectivity index (χ1v) is 14.3. The van der Waals surface area contributed by atoms with E-state index in [1.54, 1.807) is 30.3 Å². The van der Waals surface area contributed by atoms with Gasteiger partial charge in [0.2, 0.25) is 11.8 Å². The van der Waals surface area contributed by atoms with E-state index >= 15 is 0 Å². The number of sulfone groups is 1. The van der Waals surface area contributed by atoms with Gasteiger partial charge in [0.15, 0.2) is 9.84 Å². The van der Waals surface area contributed by atoms with E-state index in [1.165, 1.54) is 12.1 Å². The number of alkyl halides is 3. The van der Waals surface area contributed by atoms with Gasteiger partial charge >= 0.3 is 6.36 Å². The Kier molecular flexibility index (Phi) is 10.0. The third kappa shape index (κ3) is 9.24. The maximum Gasteiger partial charge on any atom is 0.573 e. The molecule has 3 atom stereocenters. The minimum absolute atomic E-state index is 0.0395. The lowest BCUT2D eigenvalue weighted by Crippen LogP contribution is -2.52. The zero-order valence-electron chi connectivity index (χ0n) is 22.1. The van der Waals surface area contributed by atoms with Crippen molar-refractivity contribution in [3.8, 4) is 5.75 Å². The quantitative estimate of drug-likeness (QED) is 0.412. The normalized spacial score (nSPS) is 20.1. The highest BCUT2D eigenvalue weighted by atomic mass is 32.2. The lowest BCUT2D eigenvalue weighted by atomic mass is 9.81. The molecule has 0 radical (unpaired) electrons. The van der Waals surface area contributed by atoms with Gasteiger partial charge in [-0.2, -0.15) is 0 Å². The molecule has 39 heavy (non-hydrogen) atoms. The molecule has 0 spiro atoms. The minimum atomic E-state index is -4.88. The van der Waals surface area contributed by atoms with Gasteiger partial charge in [-0.1, -0.05) is 24.3 Å². The van der Waals surface area contributed by atoms with Crippen molar-refractivity contribution in [1.82, 2.24) is 10.2 Å². The van der Waals surface area contributed by atoms with Crippen molar-refractivity contribution < 1.29 is 35.9 Å². The van der Waals surface area contributed by atoms with Crippen LogP contribution in [0, 0.1) is 5.92 Å². The number of carbonyl (C=O) groups excluding carboxylic acids is 2. The number of carbonyl (C=O) groups is 2. The van der Waals surface area contributed by atoms with Gasteiger partial charge in [0.05, 0.1) is 10.6 Å². The average molecular weight is 570 g/mol. The molecule has 1 aliphatic carbocycles. The summed E-state index contributed by atoms with van der Waals surface area (Å²) in [7, 11) is -1.61. The number of benzene rings is 2. The number of hydrogen-bond donors (Lipinski definition) is 2. The molecule has 0 saturated heterocycles. The predicted molar refractivity (Wildman–Crippen MR) is 141 cm³/mol. The molecule has 214 valence electrons. The molecular formula is C27H34F3N3O5S. The Labute approximate surface area is 226 Å². The molecule has 2 aromatic rings. The lowest BCUT2D eigenvalue weighted by Gasteiger charge is -2.41. The summed E-state index contributed by atoms with van der Waals surface area (Å²) in [5.74, 6) is -2.32. The zero-order chi connectivity index (χ0) is 28.8. The van der Waals surface area contributed by atoms with Crippen molar-refractivity contribution in [3.63, 3.8) is 0 Å². The number of nitrogens with zero attached hydrogens (tertiary/aromatic N) is 1. The highest BCUT2D eigenvalue weighted by molar-refractivity contribution is 7.91. The minimum Gasteiger partial charge on any atom is -0.406 e. The van der Waals surface area contributed by atoms with Crippen LogP contribution in [-0.4, -0.2) is 62.4 Å². The maximum atomic E-state index is 13.1. The van der Waals surface area contributed by atoms with Gasteiger partial charge in [-0.3, -0.25) is 9.59 Å². The molecule has 2 N–H and O–H groups in total. The standard InChI is InChI=1S/C27H34F3N3O5S/c1-18(2)33(3)21-13-12-19(17-39(36,37)23-10-5-4-6-11-23)24(15-21)32-26(35)16-25(34)31-20-8-7-9-22(14-20)38-27(28,29)30/h4-11,14,18-19,21,24H,12-13,15-17H2,1-3H3,(H,31,34)(H,32,35)/t19-,21-,24-/m0/s1. The van der Waals surface area contributed by atoms with Gasteiger partial charge in [-0.15, -0.1) is 13.2 Å². The highest BCUT2D eigenvalue weighted by Crippen LogP contribution is 2.31. The van der Waals surface area contributed by atoms with Crippen molar-refractivity contribution in [2.24, 2.45) is 5.92 Å². The average Bonchev–Trinajstić information content (AvgIpc) is 2.84. The molecule has 0 heterocycles. The van der Waals surface area contributed by atoms with E-state index in [-0.39, 0.29) is 34.3 Å². The molecule has 1 aliphatic rings. The fourth-order valence-corrected chi connectivity index (χ4v) is 6.49. The van der Waals surface area contributed by atoms with E-state index in [4.69, 9.17) is 0 Å². The summed E-state index contributed by atoms with van der Waals surface area (Å²) >= 11 is 0. The van der Waals surface area contributed by atoms with Crippen LogP contribution in [0.5, 0.6) is 5.75 Å². The molecule has 12 heteroatoms. The molecule has 0 unspecified atom stereocenters. The first-order chi connectivity index (χ1) is 18.2. The van der Waals surface area contributed by atoms with Gasteiger partial charge in [0.1, 0.15) is 12.2 Å². The van der Waals surface area contributed by atoms with Crippen molar-refractivity contribution in [1.29, 1.82) is 0 Å². The number of amides is 2. The molecule has 8 nitrogen and oxygen atoms in total. The summed E-state index contributed by atoms with van der Waals surface area (Å²) in [6, 6.07) is 12.8. The van der Waals surface area contributed by atoms with Crippen LogP contribution in [0.25, 0.3) is 0 Å². The van der Waals surface area contributed by atoms with E-state index in [2.05, 4.69) is 34.1 Å². The number of ether oxygens (including phenoxy) is 1. The third-order valence-corrected chi connectivity index (χ3v) is 8.77. The largest absolute Gasteiger partial charge is 0.573 e. The van der Waals surface area contributed by atoms with Crippen LogP contribution in [0.15, 0.2) is 59.5 Å². The molecular weight excluding hydrogens is 535 g/mol. The van der Waals surface area contributed by atoms with Gasteiger partial charge in [-0.05, 0) is 70.3 Å². The number of rotatable bonds is 10. The van der Waals surface area contributed by atoms with Crippen LogP contribution in [0.4, 0.5) is 18.9 Å². The fraction of sp³-hybridized carbons (Fsp3) is 0.481. The van der Waals surface area contributed by atoms with Crippen LogP contribution in [0.2, 0.25) is 0 Å². The predicted octanol–water partition coefficient (Wildman–Crippen LogP) is 4.38. The molecule has 2 amide bonds. The van der Waals surface area contributed by atoms with Gasteiger partial charge in [0.25, 0.3) is 0 Å². The second-order valence-electron chi connectivity index (χ2n) is 10.1. The summed E-state index contributed by atoms with van der Waals surface area (Å²) < 4.78 is 67.5. The molecule has 0 aliphatic heterocycles. The van der Waals surface area contributed by atoms with Crippen molar-refractivity contribution in [2.45, 2.75) is 68.9 Å². The third-order valence-electron chi connectivity index (χ3n) is 6.91. The summed E-state index contributed by atoms with van der Waals surface area (Å²) in [5, 5.41) is 5.26. The second kappa shape index (κ2) is 12.8. The summed E-state index contributed by atoms with van der Waals surface area (Å²) in [4.78, 5) is 27.7. The summed E-state index contributed by atoms with van der Waals surface area (Å²) in [6.45, 7) is 4.11. The van der Waals surface area contributed by atoms with E-state index in [1.807, 2.05) is 7.05 Å². The Morgan fingerprint density at radius 3 is 2.38 bits per heavy atom. The van der Waals surface area contributed by atoms with Crippen LogP contribution in [-0.2, 0) is 19.4 Å². The van der Waals surface area contributed by atoms with Crippen LogP contribution in [0.3, 0.4) is 0 Å². The Morgan fingerprint density at radius 1 is 1.05 bits per heavy atom. The van der Waals surface area contributed by atoms with E-state index in [0.717, 1.165) is 18.6 Å². The van der Waals surface area contributed by atoms with E-state index in [9.17, 15) is 31.2 Å². The molecule has 3 rings (SSSR count). The van der Waals surface area contributed by atoms with Crippen LogP contribution < -0.4 is 15.4 Å². The lowest BCUT2D eigenvalue weighted by molar-refractivity contribution is -0.274. The number of halogens is 3. The van der Waals surface area contributed by atoms with Crippen molar-refractivity contribution in [2.75, 3.05) is 18.1 Å². The zero-order valence-corrected chi connectivity index (χ0v) is 22.9. The number of hydrogen-bond acceptors (Lipinski definition) is 6. The summed E-state index contributed by atoms with van der Waals surface area (Å²) in [5.41, 5.74) is 0.0395. The smallest absolute Gasteiger partial charge is 0.406 e. The van der Waals surface area contributed by atoms with E-state index in [0.29, 0.717) is 12.8 Å². The molecule has 0 aromatic heterocycles. The molecule has 0 bridgehead atoms. The topological polar surface area (TPSA) is 105 Å². The highest BCUT2D eigenvalue weighted by Gasteiger charge is 2.37. The Balaban J connectivity index is 1.68. The number of nitrogens with one attached hydrogen (secondary N) is 2. The Morgan fingerprint density at radius 2 is 1.74 bits per heavy atom. The molecule has 1 saturated carbocycles. The van der Waals surface area contributed by atoms with Crippen molar-refractivity contribution in [3.05, 3.63) is 54.6 Å². The first kappa shape index (κ1) is 30.4. The maximum absolute atomic E-state index is 13.1. The van der Waals surface area contributed by atoms with Crippen LogP contribution in [0.1, 0.15) is 39.5 Å². The fourth-order valence-electron chi connectivity index (χ4n) is 4.76. The van der Waals surface area contributed by atoms with Crippen molar-refractivity contribution >= 4 is 27.3 Å². The first-order valence-electron chi connectivity index (χ1n) is 12.7. The van der Waals surface area contributed by atoms with Gasteiger partial charge in [0, 0.05) is 29.9 Å². The molecule has 2 aromatic carbocycles. The van der Waals surface area contributed by atoms with Gasteiger partial charge in [-0.25, -0.2) is 8.42 Å². The molecule has 1 fully saturated rings. The SMILES string of the molecule is CC(C)N(C)[C@H]1CC[C@@H](CS(=O)(=O)c2ccccc2)[C@@H](NC(=O)CC(=O)Nc2cccc(OC(F)(F)F)c2)C1. The summed E-state index contributed by atoms with van der Waals surface area (Å²) in [6.07, 6.45) is -3.59. The number of anilines is 1. The Hall–Kier alpha value is -3.12. The monoisotopic (exact) mass is 569 g/mol. The van der Waals surface area contributed by atoms with Crippen LogP contribution >= 0.6 is 0 Å². The second-order valence-corrected chi connectivity index (χ2v) is 12.1. The van der Waals surface area contributed by atoms with E-state index < -0.39 is 46.2 Å².